The van der Waals surface area contributed by atoms with Crippen LogP contribution in [0.25, 0.3) is 0 Å². The van der Waals surface area contributed by atoms with Crippen molar-refractivity contribution in [3.63, 3.8) is 0 Å². The van der Waals surface area contributed by atoms with E-state index in [-0.39, 0.29) is 50.1 Å². The molecular weight excluding hydrogens is 1050 g/mol. The number of alkyl carbamates (subject to hydrolysis) is 1. The Morgan fingerprint density at radius 3 is 1.69 bits per heavy atom. The molecule has 3 aliphatic rings. The predicted molar refractivity (Wildman–Crippen MR) is 245 cm³/mol. The molecule has 6 rings (SSSR count). The quantitative estimate of drug-likeness (QED) is 0.0837. The van der Waals surface area contributed by atoms with E-state index in [9.17, 15) is 32.8 Å². The molecule has 3 saturated heterocycles. The van der Waals surface area contributed by atoms with Crippen LogP contribution in [0.3, 0.4) is 0 Å². The molecule has 19 nitrogen and oxygen atoms in total. The summed E-state index contributed by atoms with van der Waals surface area (Å²) in [6, 6.07) is -1.23. The smallest absolute Gasteiger partial charge is 0.411 e. The third-order valence-electron chi connectivity index (χ3n) is 10.3. The van der Waals surface area contributed by atoms with E-state index in [4.69, 9.17) is 9.84 Å². The Hall–Kier alpha value is -4.16. The Bertz CT molecular complexity index is 2010. The summed E-state index contributed by atoms with van der Waals surface area (Å²) >= 11 is 9.84. The van der Waals surface area contributed by atoms with E-state index in [2.05, 4.69) is 97.8 Å². The van der Waals surface area contributed by atoms with Crippen LogP contribution < -0.4 is 10.6 Å². The maximum atomic E-state index is 13.9. The van der Waals surface area contributed by atoms with Crippen LogP contribution in [0.15, 0.2) is 32.4 Å². The molecule has 0 saturated carbocycles. The summed E-state index contributed by atoms with van der Waals surface area (Å²) in [6.45, 7) is 13.6. The van der Waals surface area contributed by atoms with Crippen molar-refractivity contribution in [2.75, 3.05) is 33.9 Å². The predicted octanol–water partition coefficient (Wildman–Crippen LogP) is 7.86. The monoisotopic (exact) mass is 1110 g/mol. The third-order valence-corrected chi connectivity index (χ3v) is 11.5. The van der Waals surface area contributed by atoms with E-state index in [0.717, 1.165) is 17.0 Å². The summed E-state index contributed by atoms with van der Waals surface area (Å²) in [4.78, 5) is 82.2. The lowest BCUT2D eigenvalue weighted by Gasteiger charge is -2.29. The lowest BCUT2D eigenvalue weighted by Crippen LogP contribution is -2.51. The lowest BCUT2D eigenvalue weighted by atomic mass is 9.93. The number of hydrogen-bond acceptors (Lipinski definition) is 12. The van der Waals surface area contributed by atoms with Gasteiger partial charge < -0.3 is 49.8 Å². The Labute approximate surface area is 402 Å². The Kier molecular flexibility index (Phi) is 21.8. The first-order chi connectivity index (χ1) is 30.4. The summed E-state index contributed by atoms with van der Waals surface area (Å²) in [5, 5.41) is 14.6. The molecule has 6 N–H and O–H groups in total. The zero-order valence-corrected chi connectivity index (χ0v) is 42.7. The number of rotatable bonds is 10. The number of likely N-dealkylation sites (tertiary alicyclic amines) is 2. The molecule has 65 heavy (non-hydrogen) atoms. The second-order valence-electron chi connectivity index (χ2n) is 17.1. The second kappa shape index (κ2) is 25.7. The molecule has 0 aliphatic carbocycles. The topological polar surface area (TPSA) is 250 Å². The van der Waals surface area contributed by atoms with E-state index in [0.29, 0.717) is 26.9 Å². The van der Waals surface area contributed by atoms with Crippen molar-refractivity contribution in [1.29, 1.82) is 0 Å². The number of nitrogens with zero attached hydrogens (tertiary/aromatic N) is 5. The maximum absolute atomic E-state index is 13.9. The highest BCUT2D eigenvalue weighted by Crippen LogP contribution is 2.35. The number of esters is 1. The molecule has 364 valence electrons. The van der Waals surface area contributed by atoms with Gasteiger partial charge in [0.1, 0.15) is 55.3 Å². The molecule has 3 amide bonds. The fourth-order valence-corrected chi connectivity index (χ4v) is 7.89. The molecule has 0 aromatic carbocycles. The van der Waals surface area contributed by atoms with Gasteiger partial charge in [0.2, 0.25) is 5.91 Å². The van der Waals surface area contributed by atoms with Crippen molar-refractivity contribution in [2.24, 2.45) is 17.8 Å². The number of hydrogen-bond donors (Lipinski definition) is 6. The van der Waals surface area contributed by atoms with Crippen LogP contribution in [0.4, 0.5) is 18.4 Å². The molecular formula is C41H61Br3F2N10O9. The minimum absolute atomic E-state index is 0.0199. The highest BCUT2D eigenvalue weighted by Gasteiger charge is 2.42. The number of carboxylic acids is 1. The number of carboxylic acid groups (broad SMARTS) is 1. The van der Waals surface area contributed by atoms with Crippen LogP contribution in [-0.4, -0.2) is 133 Å². The number of nitrogens with one attached hydrogen (secondary N) is 5. The minimum Gasteiger partial charge on any atom is -0.481 e. The molecule has 6 heterocycles. The maximum Gasteiger partial charge on any atom is 0.411 e. The summed E-state index contributed by atoms with van der Waals surface area (Å²) in [5.74, 6) is -0.490. The van der Waals surface area contributed by atoms with Gasteiger partial charge in [0.15, 0.2) is 0 Å². The first-order valence-electron chi connectivity index (χ1n) is 21.0. The van der Waals surface area contributed by atoms with Gasteiger partial charge in [0.05, 0.1) is 76.4 Å². The van der Waals surface area contributed by atoms with Gasteiger partial charge in [-0.15, -0.1) is 0 Å². The Morgan fingerprint density at radius 1 is 0.815 bits per heavy atom. The summed E-state index contributed by atoms with van der Waals surface area (Å²) < 4.78 is 44.1. The summed E-state index contributed by atoms with van der Waals surface area (Å²) in [7, 11) is 2.48. The van der Waals surface area contributed by atoms with E-state index >= 15 is 0 Å². The molecule has 3 fully saturated rings. The van der Waals surface area contributed by atoms with Gasteiger partial charge in [-0.05, 0) is 99.8 Å². The standard InChI is InChI=1S/C14H20BrFN4O3.C12H17BrFN3O2.C8H14O4.C7H10BrN3/c1-7(2)11(19-14(22)23-3)13(21)20-6-8(16)4-9(20)12-17-5-10(15)18-12;1-12(2,3)19-11(18)17-6-7(14)4-8(17)10-15-5-9(13)16-10;1-5(2)6(8(10)11)4-7(9)12-3;8-6-4-10-7(11-6)5-2-1-3-9-5/h5,7-9,11H,4,6H2,1-3H3,(H,17,18)(H,19,22);5,7-8H,4,6H2,1-3H3,(H,15,16);5-6H,4H2,1-3H3,(H,10,11);4-5,9H,1-3H2,(H,10,11)/t8-,9+,11+;7-,8+;6-;5-/m1100/s1. The highest BCUT2D eigenvalue weighted by atomic mass is 79.9. The molecule has 7 atom stereocenters. The molecule has 3 aromatic rings. The van der Waals surface area contributed by atoms with Crippen molar-refractivity contribution in [2.45, 2.75) is 123 Å². The van der Waals surface area contributed by atoms with Gasteiger partial charge in [-0.1, -0.05) is 27.7 Å². The Morgan fingerprint density at radius 2 is 1.31 bits per heavy atom. The number of ether oxygens (including phenoxy) is 3. The van der Waals surface area contributed by atoms with E-state index in [1.165, 1.54) is 36.9 Å². The van der Waals surface area contributed by atoms with Crippen molar-refractivity contribution in [3.8, 4) is 0 Å². The number of aromatic nitrogens is 6. The molecule has 0 radical (unpaired) electrons. The summed E-state index contributed by atoms with van der Waals surface area (Å²) in [6.07, 6.45) is 4.38. The number of amides is 3. The third kappa shape index (κ3) is 17.5. The number of aliphatic carboxylic acids is 1. The number of carbonyl (C=O) groups excluding carboxylic acids is 4. The van der Waals surface area contributed by atoms with Crippen LogP contribution in [0, 0.1) is 17.8 Å². The number of H-pyrrole nitrogens is 3. The van der Waals surface area contributed by atoms with Crippen LogP contribution in [0.5, 0.6) is 0 Å². The fourth-order valence-electron chi connectivity index (χ4n) is 6.98. The molecule has 24 heteroatoms. The van der Waals surface area contributed by atoms with Gasteiger partial charge >= 0.3 is 24.1 Å². The van der Waals surface area contributed by atoms with Crippen molar-refractivity contribution in [1.82, 2.24) is 50.3 Å². The largest absolute Gasteiger partial charge is 0.481 e. The lowest BCUT2D eigenvalue weighted by molar-refractivity contribution is -0.151. The molecule has 3 aromatic heterocycles. The Balaban J connectivity index is 0.000000241. The number of aromatic amines is 3. The van der Waals surface area contributed by atoms with E-state index in [1.807, 2.05) is 0 Å². The highest BCUT2D eigenvalue weighted by molar-refractivity contribution is 9.11. The molecule has 0 spiro atoms. The van der Waals surface area contributed by atoms with Gasteiger partial charge in [-0.25, -0.2) is 33.3 Å². The van der Waals surface area contributed by atoms with E-state index in [1.54, 1.807) is 67.1 Å². The van der Waals surface area contributed by atoms with Crippen LogP contribution in [0.1, 0.15) is 116 Å². The van der Waals surface area contributed by atoms with Crippen molar-refractivity contribution < 1.29 is 52.1 Å². The number of methoxy groups -OCH3 is 2. The van der Waals surface area contributed by atoms with Gasteiger partial charge in [-0.3, -0.25) is 19.3 Å². The SMILES string of the molecule is Brc1cnc([C@@H]2CCCN2)[nH]1.CC(C)(C)OC(=O)N1C[C@H](F)C[C@H]1c1ncc(Br)[nH]1.COC(=O)C[C@H](C(=O)O)C(C)C.COC(=O)N[C@H](C(=O)N1C[C@H](F)C[C@H]1c1ncc(Br)[nH]1)C(C)C. The zero-order chi connectivity index (χ0) is 48.8. The molecule has 0 unspecified atom stereocenters. The first-order valence-corrected chi connectivity index (χ1v) is 23.4. The average molecular weight is 1120 g/mol. The zero-order valence-electron chi connectivity index (χ0n) is 37.9. The van der Waals surface area contributed by atoms with Crippen LogP contribution >= 0.6 is 47.8 Å². The first kappa shape index (κ1) is 55.2. The van der Waals surface area contributed by atoms with Crippen LogP contribution in [0.2, 0.25) is 0 Å². The van der Waals surface area contributed by atoms with Crippen molar-refractivity contribution in [3.05, 3.63) is 49.9 Å². The normalized spacial score (nSPS) is 21.3. The molecule has 0 bridgehead atoms. The summed E-state index contributed by atoms with van der Waals surface area (Å²) in [5.41, 5.74) is -0.597. The van der Waals surface area contributed by atoms with Gasteiger partial charge in [-0.2, -0.15) is 0 Å². The minimum atomic E-state index is -1.13. The van der Waals surface area contributed by atoms with Crippen LogP contribution in [-0.2, 0) is 28.6 Å². The van der Waals surface area contributed by atoms with Gasteiger partial charge in [0.25, 0.3) is 0 Å². The fraction of sp³-hybridized carbons (Fsp3) is 0.659. The van der Waals surface area contributed by atoms with Gasteiger partial charge in [0, 0.05) is 12.8 Å². The number of imidazole rings is 3. The average Bonchev–Trinajstić information content (AvgIpc) is 4.09. The second-order valence-corrected chi connectivity index (χ2v) is 19.7. The number of carbonyl (C=O) groups is 5. The van der Waals surface area contributed by atoms with Crippen molar-refractivity contribution >= 4 is 77.8 Å². The molecule has 3 aliphatic heterocycles. The van der Waals surface area contributed by atoms with E-state index < -0.39 is 66.1 Å². The number of alkyl halides is 2. The number of halogens is 5.